The fraction of sp³-hybridized carbons (Fsp3) is 1.00. The van der Waals surface area contributed by atoms with E-state index in [4.69, 9.17) is 0 Å². The largest absolute Gasteiger partial charge is 0.297 e. The van der Waals surface area contributed by atoms with Crippen molar-refractivity contribution in [2.45, 2.75) is 32.4 Å². The molecule has 0 N–H and O–H groups in total. The lowest BCUT2D eigenvalue weighted by Crippen LogP contribution is -2.64. The molecule has 0 aromatic heterocycles. The second kappa shape index (κ2) is 2.76. The first-order chi connectivity index (χ1) is 5.31. The van der Waals surface area contributed by atoms with Crippen LogP contribution in [0.4, 0.5) is 0 Å². The van der Waals surface area contributed by atoms with Gasteiger partial charge < -0.3 is 0 Å². The van der Waals surface area contributed by atoms with Crippen molar-refractivity contribution < 1.29 is 0 Å². The number of rotatable bonds is 1. The van der Waals surface area contributed by atoms with Gasteiger partial charge in [0.1, 0.15) is 0 Å². The molecule has 3 fully saturated rings. The van der Waals surface area contributed by atoms with Gasteiger partial charge in [0.2, 0.25) is 0 Å². The molecule has 11 heavy (non-hydrogen) atoms. The van der Waals surface area contributed by atoms with Gasteiger partial charge in [-0.25, -0.2) is 0 Å². The highest BCUT2D eigenvalue weighted by Crippen LogP contribution is 2.21. The fourth-order valence-corrected chi connectivity index (χ4v) is 2.40. The van der Waals surface area contributed by atoms with Crippen LogP contribution in [-0.4, -0.2) is 48.1 Å². The molecule has 0 amide bonds. The van der Waals surface area contributed by atoms with Crippen LogP contribution in [0.15, 0.2) is 0 Å². The van der Waals surface area contributed by atoms with Crippen molar-refractivity contribution >= 4 is 0 Å². The van der Waals surface area contributed by atoms with Crippen LogP contribution >= 0.6 is 0 Å². The lowest BCUT2D eigenvalue weighted by Gasteiger charge is -2.51. The van der Waals surface area contributed by atoms with Gasteiger partial charge in [0, 0.05) is 38.3 Å². The van der Waals surface area contributed by atoms with Crippen molar-refractivity contribution in [3.63, 3.8) is 0 Å². The maximum Gasteiger partial charge on any atom is 0.0221 e. The van der Waals surface area contributed by atoms with Crippen molar-refractivity contribution in [3.8, 4) is 0 Å². The van der Waals surface area contributed by atoms with E-state index in [1.807, 2.05) is 0 Å². The molecular weight excluding hydrogens is 136 g/mol. The lowest BCUT2D eigenvalue weighted by molar-refractivity contribution is -0.0239. The Balaban J connectivity index is 2.04. The zero-order chi connectivity index (χ0) is 7.84. The van der Waals surface area contributed by atoms with Crippen LogP contribution in [0.5, 0.6) is 0 Å². The molecule has 2 nitrogen and oxygen atoms in total. The second-order valence-electron chi connectivity index (χ2n) is 3.90. The molecule has 3 heterocycles. The van der Waals surface area contributed by atoms with Crippen molar-refractivity contribution in [2.75, 3.05) is 26.2 Å². The Morgan fingerprint density at radius 1 is 1.18 bits per heavy atom. The van der Waals surface area contributed by atoms with E-state index in [1.54, 1.807) is 0 Å². The quantitative estimate of drug-likeness (QED) is 0.551. The van der Waals surface area contributed by atoms with Crippen LogP contribution < -0.4 is 0 Å². The summed E-state index contributed by atoms with van der Waals surface area (Å²) in [7, 11) is 0. The van der Waals surface area contributed by atoms with Crippen molar-refractivity contribution in [1.29, 1.82) is 0 Å². The highest BCUT2D eigenvalue weighted by atomic mass is 15.4. The molecule has 0 aromatic carbocycles. The van der Waals surface area contributed by atoms with E-state index in [0.29, 0.717) is 0 Å². The SMILES string of the molecule is CCC1CN2CCN1CC2C. The molecule has 4 unspecified atom stereocenters. The monoisotopic (exact) mass is 154 g/mol. The van der Waals surface area contributed by atoms with Gasteiger partial charge in [-0.2, -0.15) is 0 Å². The van der Waals surface area contributed by atoms with Gasteiger partial charge in [-0.15, -0.1) is 0 Å². The molecule has 3 saturated heterocycles. The fourth-order valence-electron chi connectivity index (χ4n) is 2.40. The Labute approximate surface area is 69.2 Å². The summed E-state index contributed by atoms with van der Waals surface area (Å²) >= 11 is 0. The number of hydrogen-bond acceptors (Lipinski definition) is 2. The molecular formula is C9H18N2. The summed E-state index contributed by atoms with van der Waals surface area (Å²) in [4.78, 5) is 5.29. The topological polar surface area (TPSA) is 6.48 Å². The van der Waals surface area contributed by atoms with Gasteiger partial charge in [-0.3, -0.25) is 9.80 Å². The minimum Gasteiger partial charge on any atom is -0.297 e. The Hall–Kier alpha value is -0.0800. The van der Waals surface area contributed by atoms with E-state index in [9.17, 15) is 0 Å². The van der Waals surface area contributed by atoms with Crippen LogP contribution in [-0.2, 0) is 0 Å². The third-order valence-electron chi connectivity index (χ3n) is 3.23. The Morgan fingerprint density at radius 2 is 1.91 bits per heavy atom. The number of fused-ring (bicyclic) bond motifs is 3. The van der Waals surface area contributed by atoms with Gasteiger partial charge in [0.15, 0.2) is 0 Å². The molecule has 3 aliphatic rings. The zero-order valence-corrected chi connectivity index (χ0v) is 7.58. The average Bonchev–Trinajstić information content (AvgIpc) is 2.05. The van der Waals surface area contributed by atoms with Crippen LogP contribution in [0.3, 0.4) is 0 Å². The molecule has 64 valence electrons. The molecule has 2 heteroatoms. The van der Waals surface area contributed by atoms with Crippen molar-refractivity contribution in [2.24, 2.45) is 0 Å². The van der Waals surface area contributed by atoms with E-state index < -0.39 is 0 Å². The van der Waals surface area contributed by atoms with Gasteiger partial charge in [0.25, 0.3) is 0 Å². The minimum atomic E-state index is 0.812. The second-order valence-corrected chi connectivity index (χ2v) is 3.90. The smallest absolute Gasteiger partial charge is 0.0221 e. The highest BCUT2D eigenvalue weighted by Gasteiger charge is 2.34. The molecule has 4 atom stereocenters. The highest BCUT2D eigenvalue weighted by molar-refractivity contribution is 4.91. The van der Waals surface area contributed by atoms with Crippen LogP contribution in [0.2, 0.25) is 0 Å². The third-order valence-corrected chi connectivity index (χ3v) is 3.23. The van der Waals surface area contributed by atoms with Crippen LogP contribution in [0.1, 0.15) is 20.3 Å². The predicted molar refractivity (Wildman–Crippen MR) is 46.7 cm³/mol. The molecule has 0 radical (unpaired) electrons. The summed E-state index contributed by atoms with van der Waals surface area (Å²) in [5.74, 6) is 0. The number of hydrogen-bond donors (Lipinski definition) is 0. The van der Waals surface area contributed by atoms with Gasteiger partial charge >= 0.3 is 0 Å². The summed E-state index contributed by atoms with van der Waals surface area (Å²) in [6.45, 7) is 9.88. The summed E-state index contributed by atoms with van der Waals surface area (Å²) in [5.41, 5.74) is 0. The van der Waals surface area contributed by atoms with Crippen molar-refractivity contribution in [3.05, 3.63) is 0 Å². The molecule has 0 saturated carbocycles. The maximum atomic E-state index is 2.66. The number of nitrogens with zero attached hydrogens (tertiary/aromatic N) is 2. The molecule has 0 aliphatic carbocycles. The average molecular weight is 154 g/mol. The maximum absolute atomic E-state index is 2.66. The van der Waals surface area contributed by atoms with Crippen LogP contribution in [0, 0.1) is 0 Å². The number of piperazine rings is 3. The van der Waals surface area contributed by atoms with Gasteiger partial charge in [0.05, 0.1) is 0 Å². The van der Waals surface area contributed by atoms with E-state index in [0.717, 1.165) is 12.1 Å². The first-order valence-electron chi connectivity index (χ1n) is 4.79. The standard InChI is InChI=1S/C9H18N2/c1-3-9-7-10-4-5-11(9)6-8(10)2/h8-9H,3-7H2,1-2H3. The van der Waals surface area contributed by atoms with E-state index >= 15 is 0 Å². The summed E-state index contributed by atoms with van der Waals surface area (Å²) < 4.78 is 0. The first-order valence-corrected chi connectivity index (χ1v) is 4.79. The third kappa shape index (κ3) is 1.18. The summed E-state index contributed by atoms with van der Waals surface area (Å²) in [5, 5.41) is 0. The Kier molecular flexibility index (Phi) is 1.90. The summed E-state index contributed by atoms with van der Waals surface area (Å²) in [6.07, 6.45) is 1.32. The lowest BCUT2D eigenvalue weighted by atomic mass is 10.0. The molecule has 0 aromatic rings. The first kappa shape index (κ1) is 7.56. The van der Waals surface area contributed by atoms with Crippen LogP contribution in [0.25, 0.3) is 0 Å². The molecule has 0 spiro atoms. The van der Waals surface area contributed by atoms with E-state index in [-0.39, 0.29) is 0 Å². The molecule has 3 aliphatic heterocycles. The van der Waals surface area contributed by atoms with Crippen molar-refractivity contribution in [1.82, 2.24) is 9.80 Å². The Bertz CT molecular complexity index is 146. The minimum absolute atomic E-state index is 0.812. The van der Waals surface area contributed by atoms with E-state index in [1.165, 1.54) is 32.6 Å². The molecule has 3 rings (SSSR count). The van der Waals surface area contributed by atoms with Gasteiger partial charge in [-0.1, -0.05) is 6.92 Å². The zero-order valence-electron chi connectivity index (χ0n) is 7.58. The van der Waals surface area contributed by atoms with Gasteiger partial charge in [-0.05, 0) is 13.3 Å². The molecule has 2 bridgehead atoms. The van der Waals surface area contributed by atoms with E-state index in [2.05, 4.69) is 23.6 Å². The Morgan fingerprint density at radius 3 is 2.36 bits per heavy atom. The normalized spacial score (nSPS) is 49.6. The summed E-state index contributed by atoms with van der Waals surface area (Å²) in [6, 6.07) is 1.67. The predicted octanol–water partition coefficient (Wildman–Crippen LogP) is 0.785.